The van der Waals surface area contributed by atoms with Gasteiger partial charge in [0.2, 0.25) is 0 Å². The van der Waals surface area contributed by atoms with Crippen molar-refractivity contribution in [1.82, 2.24) is 5.32 Å². The maximum atomic E-state index is 11.4. The van der Waals surface area contributed by atoms with Gasteiger partial charge in [-0.05, 0) is 26.3 Å². The fourth-order valence-corrected chi connectivity index (χ4v) is 1.27. The van der Waals surface area contributed by atoms with Crippen molar-refractivity contribution >= 4 is 12.1 Å². The van der Waals surface area contributed by atoms with Gasteiger partial charge in [0.1, 0.15) is 24.3 Å². The summed E-state index contributed by atoms with van der Waals surface area (Å²) in [6.45, 7) is 5.06. The van der Waals surface area contributed by atoms with Gasteiger partial charge < -0.3 is 14.8 Å². The highest BCUT2D eigenvalue weighted by Gasteiger charge is 2.38. The van der Waals surface area contributed by atoms with Crippen LogP contribution in [-0.2, 0) is 14.3 Å². The average Bonchev–Trinajstić information content (AvgIpc) is 2.47. The van der Waals surface area contributed by atoms with Crippen LogP contribution in [-0.4, -0.2) is 36.4 Å². The summed E-state index contributed by atoms with van der Waals surface area (Å²) in [4.78, 5) is 25.3. The number of rotatable bonds is 2. The molecule has 0 aromatic carbocycles. The predicted octanol–water partition coefficient (Wildman–Crippen LogP) is 1.12. The Morgan fingerprint density at radius 3 is 2.82 bits per heavy atom. The van der Waals surface area contributed by atoms with Crippen LogP contribution in [0.25, 0.3) is 10.4 Å². The van der Waals surface area contributed by atoms with E-state index in [1.807, 2.05) is 0 Å². The van der Waals surface area contributed by atoms with E-state index < -0.39 is 29.7 Å². The van der Waals surface area contributed by atoms with Crippen molar-refractivity contribution in [3.05, 3.63) is 10.4 Å². The lowest BCUT2D eigenvalue weighted by molar-refractivity contribution is -0.139. The third-order valence-corrected chi connectivity index (χ3v) is 1.91. The van der Waals surface area contributed by atoms with Crippen LogP contribution in [0.5, 0.6) is 0 Å². The van der Waals surface area contributed by atoms with Crippen molar-refractivity contribution in [2.45, 2.75) is 38.5 Å². The lowest BCUT2D eigenvalue weighted by atomic mass is 10.2. The van der Waals surface area contributed by atoms with E-state index in [0.717, 1.165) is 0 Å². The molecule has 8 heteroatoms. The molecule has 0 radical (unpaired) electrons. The summed E-state index contributed by atoms with van der Waals surface area (Å²) in [5, 5.41) is 5.69. The number of esters is 1. The molecule has 94 valence electrons. The normalized spacial score (nSPS) is 23.6. The smallest absolute Gasteiger partial charge is 0.408 e. The summed E-state index contributed by atoms with van der Waals surface area (Å²) in [7, 11) is 0. The van der Waals surface area contributed by atoms with Gasteiger partial charge in [-0.3, -0.25) is 0 Å². The van der Waals surface area contributed by atoms with Crippen molar-refractivity contribution in [2.75, 3.05) is 6.61 Å². The van der Waals surface area contributed by atoms with E-state index in [4.69, 9.17) is 10.3 Å². The number of nitrogens with one attached hydrogen (secondary N) is 1. The Labute approximate surface area is 97.9 Å². The molecule has 1 aliphatic rings. The average molecular weight is 242 g/mol. The molecule has 0 aromatic rings. The van der Waals surface area contributed by atoms with E-state index in [2.05, 4.69) is 20.1 Å². The first kappa shape index (κ1) is 13.1. The van der Waals surface area contributed by atoms with E-state index in [1.165, 1.54) is 0 Å². The monoisotopic (exact) mass is 242 g/mol. The van der Waals surface area contributed by atoms with Gasteiger partial charge >= 0.3 is 12.1 Å². The van der Waals surface area contributed by atoms with Gasteiger partial charge in [-0.25, -0.2) is 9.59 Å². The van der Waals surface area contributed by atoms with Gasteiger partial charge in [0.15, 0.2) is 0 Å². The predicted molar refractivity (Wildman–Crippen MR) is 57.1 cm³/mol. The van der Waals surface area contributed by atoms with E-state index in [9.17, 15) is 9.59 Å². The third-order valence-electron chi connectivity index (χ3n) is 1.91. The zero-order valence-corrected chi connectivity index (χ0v) is 9.84. The third kappa shape index (κ3) is 3.84. The topological polar surface area (TPSA) is 113 Å². The number of alkyl carbamates (subject to hydrolysis) is 1. The minimum atomic E-state index is -0.985. The molecule has 1 amide bonds. The fourth-order valence-electron chi connectivity index (χ4n) is 1.27. The number of cyclic esters (lactones) is 1. The number of carbonyl (C=O) groups excluding carboxylic acids is 2. The molecule has 1 saturated heterocycles. The lowest BCUT2D eigenvalue weighted by Crippen LogP contribution is -2.46. The number of hydrogen-bond acceptors (Lipinski definition) is 5. The number of azide groups is 1. The molecule has 1 heterocycles. The maximum absolute atomic E-state index is 11.4. The van der Waals surface area contributed by atoms with Crippen molar-refractivity contribution in [3.63, 3.8) is 0 Å². The first-order valence-electron chi connectivity index (χ1n) is 5.04. The van der Waals surface area contributed by atoms with E-state index in [-0.39, 0.29) is 6.61 Å². The molecule has 1 fully saturated rings. The van der Waals surface area contributed by atoms with Crippen molar-refractivity contribution < 1.29 is 19.1 Å². The Balaban J connectivity index is 2.62. The molecule has 0 spiro atoms. The Bertz CT molecular complexity index is 370. The van der Waals surface area contributed by atoms with Crippen molar-refractivity contribution in [3.8, 4) is 0 Å². The molecule has 0 bridgehead atoms. The second kappa shape index (κ2) is 4.92. The summed E-state index contributed by atoms with van der Waals surface area (Å²) in [5.74, 6) is -0.631. The molecule has 17 heavy (non-hydrogen) atoms. The molecule has 0 aliphatic carbocycles. The van der Waals surface area contributed by atoms with Crippen LogP contribution in [0.3, 0.4) is 0 Å². The van der Waals surface area contributed by atoms with Crippen LogP contribution < -0.4 is 5.32 Å². The summed E-state index contributed by atoms with van der Waals surface area (Å²) in [6, 6.07) is -1.72. The largest absolute Gasteiger partial charge is 0.464 e. The van der Waals surface area contributed by atoms with Crippen molar-refractivity contribution in [1.29, 1.82) is 0 Å². The highest BCUT2D eigenvalue weighted by atomic mass is 16.6. The highest BCUT2D eigenvalue weighted by molar-refractivity contribution is 5.83. The summed E-state index contributed by atoms with van der Waals surface area (Å²) >= 11 is 0. The number of ether oxygens (including phenoxy) is 2. The number of hydrogen-bond donors (Lipinski definition) is 1. The zero-order valence-electron chi connectivity index (χ0n) is 9.84. The van der Waals surface area contributed by atoms with E-state index >= 15 is 0 Å². The molecule has 8 nitrogen and oxygen atoms in total. The SMILES string of the molecule is CC(C)(C)OC(=O)NC1C(=O)OCC1N=[N+]=[N-]. The molecule has 2 atom stereocenters. The van der Waals surface area contributed by atoms with Gasteiger partial charge in [-0.1, -0.05) is 5.11 Å². The number of carbonyl (C=O) groups is 2. The van der Waals surface area contributed by atoms with Crippen LogP contribution in [0.15, 0.2) is 5.11 Å². The van der Waals surface area contributed by atoms with Crippen LogP contribution >= 0.6 is 0 Å². The molecule has 1 rings (SSSR count). The Kier molecular flexibility index (Phi) is 3.80. The van der Waals surface area contributed by atoms with Crippen LogP contribution in [0.1, 0.15) is 20.8 Å². The highest BCUT2D eigenvalue weighted by Crippen LogP contribution is 2.13. The quantitative estimate of drug-likeness (QED) is 0.338. The van der Waals surface area contributed by atoms with Gasteiger partial charge in [0, 0.05) is 4.91 Å². The van der Waals surface area contributed by atoms with E-state index in [1.54, 1.807) is 20.8 Å². The standard InChI is InChI=1S/C9H14N4O4/c1-9(2,3)17-8(15)11-6-5(12-13-10)4-16-7(6)14/h5-6H,4H2,1-3H3,(H,11,15). The fraction of sp³-hybridized carbons (Fsp3) is 0.778. The molecule has 2 unspecified atom stereocenters. The maximum Gasteiger partial charge on any atom is 0.408 e. The first-order valence-corrected chi connectivity index (χ1v) is 5.04. The van der Waals surface area contributed by atoms with Crippen LogP contribution in [0.2, 0.25) is 0 Å². The van der Waals surface area contributed by atoms with Gasteiger partial charge in [0.25, 0.3) is 0 Å². The number of amides is 1. The molecular formula is C9H14N4O4. The summed E-state index contributed by atoms with van der Waals surface area (Å²) < 4.78 is 9.67. The molecule has 0 saturated carbocycles. The minimum absolute atomic E-state index is 0.0383. The summed E-state index contributed by atoms with van der Waals surface area (Å²) in [6.07, 6.45) is -0.750. The van der Waals surface area contributed by atoms with Gasteiger partial charge in [-0.2, -0.15) is 0 Å². The Hall–Kier alpha value is -1.95. The number of nitrogens with zero attached hydrogens (tertiary/aromatic N) is 3. The summed E-state index contributed by atoms with van der Waals surface area (Å²) in [5.41, 5.74) is 7.63. The molecular weight excluding hydrogens is 228 g/mol. The second-order valence-electron chi connectivity index (χ2n) is 4.53. The van der Waals surface area contributed by atoms with Crippen LogP contribution in [0, 0.1) is 0 Å². The minimum Gasteiger partial charge on any atom is -0.464 e. The lowest BCUT2D eigenvalue weighted by Gasteiger charge is -2.21. The zero-order chi connectivity index (χ0) is 13.1. The Morgan fingerprint density at radius 2 is 2.29 bits per heavy atom. The Morgan fingerprint density at radius 1 is 1.65 bits per heavy atom. The van der Waals surface area contributed by atoms with Gasteiger partial charge in [0.05, 0.1) is 0 Å². The second-order valence-corrected chi connectivity index (χ2v) is 4.53. The van der Waals surface area contributed by atoms with Crippen LogP contribution in [0.4, 0.5) is 4.79 Å². The van der Waals surface area contributed by atoms with Gasteiger partial charge in [-0.15, -0.1) is 0 Å². The molecule has 1 aliphatic heterocycles. The van der Waals surface area contributed by atoms with Crippen molar-refractivity contribution in [2.24, 2.45) is 5.11 Å². The molecule has 1 N–H and O–H groups in total. The first-order chi connectivity index (χ1) is 7.83. The molecule has 0 aromatic heterocycles. The van der Waals surface area contributed by atoms with E-state index in [0.29, 0.717) is 0 Å².